The third kappa shape index (κ3) is 4.56. The molecule has 12 heteroatoms. The van der Waals surface area contributed by atoms with Gasteiger partial charge in [0.15, 0.2) is 0 Å². The van der Waals surface area contributed by atoms with Gasteiger partial charge in [-0.05, 0) is 37.3 Å². The molecule has 0 atom stereocenters. The van der Waals surface area contributed by atoms with E-state index in [0.29, 0.717) is 0 Å². The van der Waals surface area contributed by atoms with Gasteiger partial charge in [0.2, 0.25) is 12.3 Å². The summed E-state index contributed by atoms with van der Waals surface area (Å²) in [6.07, 6.45) is 3.17. The van der Waals surface area contributed by atoms with E-state index in [9.17, 15) is 26.0 Å². The SMILES string of the molecule is Cc1c(Oc2cc(F)cc(C#N)c2)ccc(S(=O)(=O)C(F)(F)F)c1C=Cc1nnco1. The smallest absolute Gasteiger partial charge is 0.457 e. The van der Waals surface area contributed by atoms with Crippen LogP contribution in [-0.4, -0.2) is 24.1 Å². The van der Waals surface area contributed by atoms with Crippen molar-refractivity contribution in [2.24, 2.45) is 0 Å². The predicted octanol–water partition coefficient (Wildman–Crippen LogP) is 4.65. The molecule has 0 saturated heterocycles. The van der Waals surface area contributed by atoms with Gasteiger partial charge in [-0.15, -0.1) is 10.2 Å². The minimum atomic E-state index is -5.70. The van der Waals surface area contributed by atoms with E-state index in [1.807, 2.05) is 0 Å². The van der Waals surface area contributed by atoms with Crippen LogP contribution in [-0.2, 0) is 9.84 Å². The number of aromatic nitrogens is 2. The fourth-order valence-electron chi connectivity index (χ4n) is 2.58. The second-order valence-electron chi connectivity index (χ2n) is 6.05. The first-order chi connectivity index (χ1) is 14.5. The van der Waals surface area contributed by atoms with E-state index in [0.717, 1.165) is 42.8 Å². The lowest BCUT2D eigenvalue weighted by Gasteiger charge is -2.16. The maximum Gasteiger partial charge on any atom is 0.501 e. The van der Waals surface area contributed by atoms with E-state index in [-0.39, 0.29) is 34.1 Å². The highest BCUT2D eigenvalue weighted by Crippen LogP contribution is 2.38. The van der Waals surface area contributed by atoms with E-state index in [2.05, 4.69) is 10.2 Å². The Morgan fingerprint density at radius 2 is 1.94 bits per heavy atom. The average molecular weight is 453 g/mol. The lowest BCUT2D eigenvalue weighted by atomic mass is 10.1. The van der Waals surface area contributed by atoms with Gasteiger partial charge in [0.1, 0.15) is 17.3 Å². The second-order valence-corrected chi connectivity index (χ2v) is 7.96. The first-order valence-electron chi connectivity index (χ1n) is 8.30. The van der Waals surface area contributed by atoms with Crippen molar-refractivity contribution in [2.75, 3.05) is 0 Å². The van der Waals surface area contributed by atoms with Crippen molar-refractivity contribution < 1.29 is 35.1 Å². The lowest BCUT2D eigenvalue weighted by molar-refractivity contribution is -0.0436. The van der Waals surface area contributed by atoms with Crippen molar-refractivity contribution >= 4 is 22.0 Å². The normalized spacial score (nSPS) is 12.1. The number of sulfone groups is 1. The van der Waals surface area contributed by atoms with E-state index in [4.69, 9.17) is 14.4 Å². The molecule has 0 aliphatic carbocycles. The highest BCUT2D eigenvalue weighted by atomic mass is 32.2. The molecular weight excluding hydrogens is 442 g/mol. The maximum atomic E-state index is 13.7. The van der Waals surface area contributed by atoms with E-state index in [1.54, 1.807) is 6.07 Å². The number of hydrogen-bond acceptors (Lipinski definition) is 7. The summed E-state index contributed by atoms with van der Waals surface area (Å²) in [5.74, 6) is -0.997. The number of halogens is 4. The maximum absolute atomic E-state index is 13.7. The summed E-state index contributed by atoms with van der Waals surface area (Å²) in [4.78, 5) is -1.02. The molecule has 1 heterocycles. The number of alkyl halides is 3. The van der Waals surface area contributed by atoms with Crippen LogP contribution >= 0.6 is 0 Å². The molecule has 3 rings (SSSR count). The number of ether oxygens (including phenoxy) is 1. The summed E-state index contributed by atoms with van der Waals surface area (Å²) in [6, 6.07) is 6.63. The summed E-state index contributed by atoms with van der Waals surface area (Å²) < 4.78 is 87.6. The first kappa shape index (κ1) is 22.0. The van der Waals surface area contributed by atoms with Crippen molar-refractivity contribution in [3.8, 4) is 17.6 Å². The van der Waals surface area contributed by atoms with Crippen LogP contribution in [0, 0.1) is 24.1 Å². The minimum absolute atomic E-state index is 0.00357. The van der Waals surface area contributed by atoms with Gasteiger partial charge in [0.25, 0.3) is 9.84 Å². The average Bonchev–Trinajstić information content (AvgIpc) is 3.20. The molecule has 0 N–H and O–H groups in total. The van der Waals surface area contributed by atoms with Crippen LogP contribution in [0.5, 0.6) is 11.5 Å². The molecule has 0 saturated carbocycles. The molecule has 3 aromatic rings. The number of hydrogen-bond donors (Lipinski definition) is 0. The largest absolute Gasteiger partial charge is 0.501 e. The topological polar surface area (TPSA) is 106 Å². The number of nitrogens with zero attached hydrogens (tertiary/aromatic N) is 3. The van der Waals surface area contributed by atoms with Crippen LogP contribution in [0.15, 0.2) is 46.0 Å². The Morgan fingerprint density at radius 1 is 1.19 bits per heavy atom. The van der Waals surface area contributed by atoms with Crippen LogP contribution in [0.3, 0.4) is 0 Å². The Labute approximate surface area is 173 Å². The van der Waals surface area contributed by atoms with Crippen molar-refractivity contribution in [2.45, 2.75) is 17.3 Å². The summed E-state index contributed by atoms with van der Waals surface area (Å²) in [7, 11) is -5.70. The predicted molar refractivity (Wildman–Crippen MR) is 98.8 cm³/mol. The third-order valence-electron chi connectivity index (χ3n) is 4.02. The molecule has 0 fully saturated rings. The second kappa shape index (κ2) is 8.19. The van der Waals surface area contributed by atoms with Gasteiger partial charge in [0.05, 0.1) is 16.5 Å². The molecule has 0 aliphatic rings. The van der Waals surface area contributed by atoms with Gasteiger partial charge in [-0.25, -0.2) is 12.8 Å². The first-order valence-corrected chi connectivity index (χ1v) is 9.79. The zero-order valence-electron chi connectivity index (χ0n) is 15.5. The summed E-state index contributed by atoms with van der Waals surface area (Å²) >= 11 is 0. The van der Waals surface area contributed by atoms with Crippen LogP contribution in [0.25, 0.3) is 12.2 Å². The molecule has 0 amide bonds. The van der Waals surface area contributed by atoms with Crippen molar-refractivity contribution in [1.82, 2.24) is 10.2 Å². The summed E-state index contributed by atoms with van der Waals surface area (Å²) in [5.41, 5.74) is -5.92. The van der Waals surface area contributed by atoms with Crippen molar-refractivity contribution in [1.29, 1.82) is 5.26 Å². The molecule has 7 nitrogen and oxygen atoms in total. The highest BCUT2D eigenvalue weighted by Gasteiger charge is 2.48. The number of benzene rings is 2. The molecule has 160 valence electrons. The van der Waals surface area contributed by atoms with E-state index in [1.165, 1.54) is 13.0 Å². The number of rotatable bonds is 5. The van der Waals surface area contributed by atoms with Gasteiger partial charge < -0.3 is 9.15 Å². The standard InChI is InChI=1S/C19H11F4N3O4S/c1-11-15(2-5-18-26-25-10-29-18)17(31(27,28)19(21,22)23)4-3-16(11)30-14-7-12(9-24)6-13(20)8-14/h2-8,10H,1H3. The minimum Gasteiger partial charge on any atom is -0.457 e. The van der Waals surface area contributed by atoms with Crippen molar-refractivity contribution in [3.05, 3.63) is 65.1 Å². The molecule has 0 radical (unpaired) electrons. The van der Waals surface area contributed by atoms with Crippen molar-refractivity contribution in [3.63, 3.8) is 0 Å². The van der Waals surface area contributed by atoms with Gasteiger partial charge in [-0.3, -0.25) is 0 Å². The molecule has 31 heavy (non-hydrogen) atoms. The van der Waals surface area contributed by atoms with Gasteiger partial charge in [-0.1, -0.05) is 0 Å². The van der Waals surface area contributed by atoms with Gasteiger partial charge in [0, 0.05) is 23.3 Å². The van der Waals surface area contributed by atoms with Crippen LogP contribution in [0.4, 0.5) is 17.6 Å². The molecule has 1 aromatic heterocycles. The fraction of sp³-hybridized carbons (Fsp3) is 0.105. The Kier molecular flexibility index (Phi) is 5.81. The molecule has 0 aliphatic heterocycles. The Morgan fingerprint density at radius 3 is 2.55 bits per heavy atom. The van der Waals surface area contributed by atoms with Crippen LogP contribution in [0.1, 0.15) is 22.6 Å². The van der Waals surface area contributed by atoms with Crippen LogP contribution in [0.2, 0.25) is 0 Å². The zero-order chi connectivity index (χ0) is 22.8. The quantitative estimate of drug-likeness (QED) is 0.518. The lowest BCUT2D eigenvalue weighted by Crippen LogP contribution is -2.24. The summed E-state index contributed by atoms with van der Waals surface area (Å²) in [5, 5.41) is 15.9. The van der Waals surface area contributed by atoms with E-state index < -0.39 is 26.1 Å². The summed E-state index contributed by atoms with van der Waals surface area (Å²) in [6.45, 7) is 1.32. The fourth-order valence-corrected chi connectivity index (χ4v) is 3.59. The van der Waals surface area contributed by atoms with Gasteiger partial charge >= 0.3 is 5.51 Å². The highest BCUT2D eigenvalue weighted by molar-refractivity contribution is 7.92. The van der Waals surface area contributed by atoms with Crippen LogP contribution < -0.4 is 4.74 Å². The zero-order valence-corrected chi connectivity index (χ0v) is 16.3. The van der Waals surface area contributed by atoms with E-state index >= 15 is 0 Å². The monoisotopic (exact) mass is 453 g/mol. The molecule has 0 unspecified atom stereocenters. The third-order valence-corrected chi connectivity index (χ3v) is 5.56. The number of nitriles is 1. The Bertz CT molecular complexity index is 1290. The molecule has 0 spiro atoms. The molecular formula is C19H11F4N3O4S. The Balaban J connectivity index is 2.15. The Hall–Kier alpha value is -3.72. The van der Waals surface area contributed by atoms with Gasteiger partial charge in [-0.2, -0.15) is 18.4 Å². The molecule has 2 aromatic carbocycles. The molecule has 0 bridgehead atoms.